The fourth-order valence-corrected chi connectivity index (χ4v) is 5.40. The number of benzene rings is 3. The van der Waals surface area contributed by atoms with Crippen molar-refractivity contribution in [3.05, 3.63) is 84.4 Å². The van der Waals surface area contributed by atoms with Gasteiger partial charge in [0.2, 0.25) is 15.9 Å². The summed E-state index contributed by atoms with van der Waals surface area (Å²) in [5, 5.41) is 2.13. The SMILES string of the molecule is C=CCN(C1CC(=O)N(c2ccc(Cl)cc2)C1=O)S(=O)(=O)c1ccc2ccccc2c1. The Kier molecular flexibility index (Phi) is 5.66. The van der Waals surface area contributed by atoms with Crippen LogP contribution in [-0.4, -0.2) is 37.1 Å². The molecule has 1 heterocycles. The highest BCUT2D eigenvalue weighted by Crippen LogP contribution is 2.30. The Morgan fingerprint density at radius 3 is 2.39 bits per heavy atom. The van der Waals surface area contributed by atoms with Gasteiger partial charge in [0.25, 0.3) is 5.91 Å². The summed E-state index contributed by atoms with van der Waals surface area (Å²) in [4.78, 5) is 26.9. The van der Waals surface area contributed by atoms with E-state index in [4.69, 9.17) is 11.6 Å². The molecule has 158 valence electrons. The number of imide groups is 1. The van der Waals surface area contributed by atoms with Gasteiger partial charge in [0.15, 0.2) is 0 Å². The molecular weight excluding hydrogens is 436 g/mol. The highest BCUT2D eigenvalue weighted by atomic mass is 35.5. The lowest BCUT2D eigenvalue weighted by Crippen LogP contribution is -2.45. The number of hydrogen-bond acceptors (Lipinski definition) is 4. The van der Waals surface area contributed by atoms with E-state index in [2.05, 4.69) is 6.58 Å². The minimum atomic E-state index is -4.07. The van der Waals surface area contributed by atoms with Gasteiger partial charge in [-0.1, -0.05) is 48.0 Å². The van der Waals surface area contributed by atoms with Crippen LogP contribution in [0.4, 0.5) is 5.69 Å². The summed E-state index contributed by atoms with van der Waals surface area (Å²) in [6, 6.07) is 17.3. The van der Waals surface area contributed by atoms with Crippen molar-refractivity contribution < 1.29 is 18.0 Å². The number of rotatable bonds is 6. The molecule has 6 nitrogen and oxygen atoms in total. The fourth-order valence-electron chi connectivity index (χ4n) is 3.69. The number of amides is 2. The van der Waals surface area contributed by atoms with Gasteiger partial charge in [-0.05, 0) is 47.2 Å². The van der Waals surface area contributed by atoms with Gasteiger partial charge in [-0.2, -0.15) is 4.31 Å². The van der Waals surface area contributed by atoms with E-state index in [1.54, 1.807) is 36.4 Å². The van der Waals surface area contributed by atoms with Crippen molar-refractivity contribution in [2.24, 2.45) is 0 Å². The first-order valence-electron chi connectivity index (χ1n) is 9.57. The summed E-state index contributed by atoms with van der Waals surface area (Å²) >= 11 is 5.89. The Hall–Kier alpha value is -3.00. The number of sulfonamides is 1. The summed E-state index contributed by atoms with van der Waals surface area (Å²) in [5.74, 6) is -1.07. The smallest absolute Gasteiger partial charge is 0.252 e. The molecule has 0 spiro atoms. The maximum Gasteiger partial charge on any atom is 0.252 e. The third-order valence-electron chi connectivity index (χ3n) is 5.19. The molecule has 0 radical (unpaired) electrons. The Morgan fingerprint density at radius 1 is 1.03 bits per heavy atom. The molecule has 3 aromatic carbocycles. The first-order chi connectivity index (χ1) is 14.8. The first-order valence-corrected chi connectivity index (χ1v) is 11.4. The largest absolute Gasteiger partial charge is 0.274 e. The van der Waals surface area contributed by atoms with Gasteiger partial charge in [-0.3, -0.25) is 9.59 Å². The predicted molar refractivity (Wildman–Crippen MR) is 120 cm³/mol. The molecule has 0 N–H and O–H groups in total. The van der Waals surface area contributed by atoms with E-state index in [9.17, 15) is 18.0 Å². The molecule has 3 aromatic rings. The molecule has 4 rings (SSSR count). The zero-order valence-electron chi connectivity index (χ0n) is 16.4. The van der Waals surface area contributed by atoms with Crippen LogP contribution in [0, 0.1) is 0 Å². The Balaban J connectivity index is 1.72. The van der Waals surface area contributed by atoms with Crippen LogP contribution < -0.4 is 4.90 Å². The molecule has 0 bridgehead atoms. The molecular formula is C23H19ClN2O4S. The molecule has 1 unspecified atom stereocenters. The van der Waals surface area contributed by atoms with Gasteiger partial charge in [-0.25, -0.2) is 13.3 Å². The zero-order chi connectivity index (χ0) is 22.2. The predicted octanol–water partition coefficient (Wildman–Crippen LogP) is 4.00. The standard InChI is InChI=1S/C23H19ClN2O4S/c1-2-13-25(31(29,30)20-12-7-16-5-3-4-6-17(16)14-20)21-15-22(27)26(23(21)28)19-10-8-18(24)9-11-19/h2-12,14,21H,1,13,15H2. The van der Waals surface area contributed by atoms with E-state index >= 15 is 0 Å². The molecule has 1 fully saturated rings. The molecule has 8 heteroatoms. The number of anilines is 1. The first kappa shape index (κ1) is 21.2. The summed E-state index contributed by atoms with van der Waals surface area (Å²) in [6.45, 7) is 3.53. The summed E-state index contributed by atoms with van der Waals surface area (Å²) in [7, 11) is -4.07. The quantitative estimate of drug-likeness (QED) is 0.416. The molecule has 0 saturated carbocycles. The summed E-state index contributed by atoms with van der Waals surface area (Å²) in [6.07, 6.45) is 1.16. The van der Waals surface area contributed by atoms with Gasteiger partial charge >= 0.3 is 0 Å². The minimum absolute atomic E-state index is 0.0539. The monoisotopic (exact) mass is 454 g/mol. The van der Waals surface area contributed by atoms with Crippen LogP contribution in [-0.2, 0) is 19.6 Å². The third kappa shape index (κ3) is 3.87. The topological polar surface area (TPSA) is 74.8 Å². The van der Waals surface area contributed by atoms with E-state index in [0.29, 0.717) is 10.7 Å². The van der Waals surface area contributed by atoms with Crippen molar-refractivity contribution in [2.45, 2.75) is 17.4 Å². The average molecular weight is 455 g/mol. The lowest BCUT2D eigenvalue weighted by atomic mass is 10.1. The van der Waals surface area contributed by atoms with Gasteiger partial charge in [-0.15, -0.1) is 6.58 Å². The van der Waals surface area contributed by atoms with Gasteiger partial charge in [0, 0.05) is 11.6 Å². The summed E-state index contributed by atoms with van der Waals surface area (Å²) < 4.78 is 28.0. The number of halogens is 1. The van der Waals surface area contributed by atoms with Crippen molar-refractivity contribution in [1.29, 1.82) is 0 Å². The van der Waals surface area contributed by atoms with Crippen LogP contribution in [0.25, 0.3) is 10.8 Å². The lowest BCUT2D eigenvalue weighted by Gasteiger charge is -2.26. The third-order valence-corrected chi connectivity index (χ3v) is 7.31. The molecule has 0 aliphatic carbocycles. The number of carbonyl (C=O) groups excluding carboxylic acids is 2. The lowest BCUT2D eigenvalue weighted by molar-refractivity contribution is -0.122. The second-order valence-corrected chi connectivity index (χ2v) is 9.46. The van der Waals surface area contributed by atoms with Crippen LogP contribution in [0.1, 0.15) is 6.42 Å². The van der Waals surface area contributed by atoms with Crippen molar-refractivity contribution in [3.63, 3.8) is 0 Å². The molecule has 31 heavy (non-hydrogen) atoms. The molecule has 1 aliphatic rings. The number of hydrogen-bond donors (Lipinski definition) is 0. The van der Waals surface area contributed by atoms with Crippen LogP contribution in [0.15, 0.2) is 84.3 Å². The second-order valence-electron chi connectivity index (χ2n) is 7.14. The van der Waals surface area contributed by atoms with Gasteiger partial charge in [0.1, 0.15) is 6.04 Å². The highest BCUT2D eigenvalue weighted by Gasteiger charge is 2.46. The average Bonchev–Trinajstić information content (AvgIpc) is 3.05. The van der Waals surface area contributed by atoms with Crippen molar-refractivity contribution in [3.8, 4) is 0 Å². The van der Waals surface area contributed by atoms with Crippen molar-refractivity contribution >= 4 is 49.9 Å². The Morgan fingerprint density at radius 2 is 1.71 bits per heavy atom. The minimum Gasteiger partial charge on any atom is -0.274 e. The Bertz CT molecular complexity index is 1290. The molecule has 1 aliphatic heterocycles. The molecule has 0 aromatic heterocycles. The maximum atomic E-state index is 13.5. The van der Waals surface area contributed by atoms with Crippen LogP contribution >= 0.6 is 11.6 Å². The normalized spacial score (nSPS) is 17.0. The van der Waals surface area contributed by atoms with Crippen molar-refractivity contribution in [1.82, 2.24) is 4.31 Å². The van der Waals surface area contributed by atoms with Crippen LogP contribution in [0.5, 0.6) is 0 Å². The zero-order valence-corrected chi connectivity index (χ0v) is 18.0. The van der Waals surface area contributed by atoms with Gasteiger partial charge in [0.05, 0.1) is 17.0 Å². The second kappa shape index (κ2) is 8.26. The number of nitrogens with zero attached hydrogens (tertiary/aromatic N) is 2. The van der Waals surface area contributed by atoms with Gasteiger partial charge < -0.3 is 0 Å². The van der Waals surface area contributed by atoms with E-state index < -0.39 is 27.9 Å². The highest BCUT2D eigenvalue weighted by molar-refractivity contribution is 7.89. The molecule has 2 amide bonds. The Labute approximate surface area is 185 Å². The van der Waals surface area contributed by atoms with E-state index in [0.717, 1.165) is 20.0 Å². The van der Waals surface area contributed by atoms with Crippen molar-refractivity contribution in [2.75, 3.05) is 11.4 Å². The number of carbonyl (C=O) groups is 2. The van der Waals surface area contributed by atoms with E-state index in [-0.39, 0.29) is 17.9 Å². The summed E-state index contributed by atoms with van der Waals surface area (Å²) in [5.41, 5.74) is 0.351. The molecule has 1 atom stereocenters. The van der Waals surface area contributed by atoms with E-state index in [1.807, 2.05) is 24.3 Å². The van der Waals surface area contributed by atoms with Crippen LogP contribution in [0.2, 0.25) is 5.02 Å². The molecule has 1 saturated heterocycles. The van der Waals surface area contributed by atoms with E-state index in [1.165, 1.54) is 12.1 Å². The number of fused-ring (bicyclic) bond motifs is 1. The maximum absolute atomic E-state index is 13.5. The fraction of sp³-hybridized carbons (Fsp3) is 0.130. The van der Waals surface area contributed by atoms with Crippen LogP contribution in [0.3, 0.4) is 0 Å².